The minimum atomic E-state index is -9.85. The highest BCUT2D eigenvalue weighted by Gasteiger charge is 2.65. The van der Waals surface area contributed by atoms with Gasteiger partial charge in [-0.25, -0.2) is 4.68 Å². The lowest BCUT2D eigenvalue weighted by Crippen LogP contribution is -2.14. The molecule has 31 heavy (non-hydrogen) atoms. The number of tetrazole rings is 1. The summed E-state index contributed by atoms with van der Waals surface area (Å²) in [6.45, 7) is 0. The van der Waals surface area contributed by atoms with E-state index in [-0.39, 0.29) is 33.4 Å². The van der Waals surface area contributed by atoms with Crippen molar-refractivity contribution in [2.75, 3.05) is 5.32 Å². The minimum absolute atomic E-state index is 0.144. The number of carbonyl (C=O) groups excluding carboxylic acids is 1. The second-order valence-electron chi connectivity index (χ2n) is 6.07. The first kappa shape index (κ1) is 22.4. The zero-order chi connectivity index (χ0) is 23.1. The maximum absolute atomic E-state index is 12.8. The van der Waals surface area contributed by atoms with E-state index in [1.807, 2.05) is 0 Å². The quantitative estimate of drug-likeness (QED) is 0.292. The van der Waals surface area contributed by atoms with Crippen LogP contribution in [0, 0.1) is 10.1 Å². The fourth-order valence-corrected chi connectivity index (χ4v) is 3.79. The van der Waals surface area contributed by atoms with E-state index in [1.165, 1.54) is 17.8 Å². The average molecular weight is 482 g/mol. The van der Waals surface area contributed by atoms with Crippen molar-refractivity contribution in [1.29, 1.82) is 0 Å². The smallest absolute Gasteiger partial charge is 0.310 e. The number of nitrogens with one attached hydrogen (secondary N) is 1. The predicted molar refractivity (Wildman–Crippen MR) is 102 cm³/mol. The zero-order valence-electron chi connectivity index (χ0n) is 15.2. The van der Waals surface area contributed by atoms with Gasteiger partial charge in [-0.2, -0.15) is 0 Å². The molecule has 0 aliphatic rings. The van der Waals surface area contributed by atoms with Crippen molar-refractivity contribution in [2.24, 2.45) is 7.05 Å². The Morgan fingerprint density at radius 1 is 1.13 bits per heavy atom. The first-order valence-electron chi connectivity index (χ1n) is 7.98. The summed E-state index contributed by atoms with van der Waals surface area (Å²) in [5.74, 6) is -0.915. The summed E-state index contributed by atoms with van der Waals surface area (Å²) in [7, 11) is -8.33. The van der Waals surface area contributed by atoms with Gasteiger partial charge in [0.2, 0.25) is 5.16 Å². The Morgan fingerprint density at radius 2 is 1.77 bits per heavy atom. The first-order valence-corrected chi connectivity index (χ1v) is 10.7. The molecule has 0 bridgehead atoms. The Morgan fingerprint density at radius 3 is 2.29 bits per heavy atom. The van der Waals surface area contributed by atoms with Crippen molar-refractivity contribution in [3.8, 4) is 0 Å². The lowest BCUT2D eigenvalue weighted by Gasteiger charge is -2.40. The predicted octanol–water partition coefficient (Wildman–Crippen LogP) is 5.18. The third kappa shape index (κ3) is 5.26. The van der Waals surface area contributed by atoms with E-state index in [1.54, 1.807) is 0 Å². The van der Waals surface area contributed by atoms with E-state index in [0.717, 1.165) is 23.9 Å². The maximum Gasteiger partial charge on any atom is 0.310 e. The van der Waals surface area contributed by atoms with E-state index >= 15 is 0 Å². The highest BCUT2D eigenvalue weighted by atomic mass is 32.5. The van der Waals surface area contributed by atoms with Gasteiger partial charge in [-0.3, -0.25) is 14.9 Å². The number of aryl methyl sites for hydroxylation is 1. The minimum Gasteiger partial charge on any atom is -0.322 e. The van der Waals surface area contributed by atoms with Crippen LogP contribution in [0.25, 0.3) is 0 Å². The van der Waals surface area contributed by atoms with E-state index in [2.05, 4.69) is 20.8 Å². The summed E-state index contributed by atoms with van der Waals surface area (Å²) in [5, 5.41) is 24.3. The molecule has 0 fully saturated rings. The van der Waals surface area contributed by atoms with Crippen LogP contribution in [0.2, 0.25) is 0 Å². The molecule has 0 spiro atoms. The van der Waals surface area contributed by atoms with Crippen molar-refractivity contribution >= 4 is 39.3 Å². The summed E-state index contributed by atoms with van der Waals surface area (Å²) < 4.78 is 65.4. The molecule has 3 aromatic rings. The number of hydrogen-bond donors (Lipinski definition) is 1. The van der Waals surface area contributed by atoms with Crippen LogP contribution in [0.3, 0.4) is 0 Å². The highest BCUT2D eigenvalue weighted by Crippen LogP contribution is 3.02. The van der Waals surface area contributed by atoms with Crippen molar-refractivity contribution in [3.05, 3.63) is 58.1 Å². The number of non-ortho nitro benzene ring substituents is 1. The lowest BCUT2D eigenvalue weighted by atomic mass is 10.2. The number of amides is 1. The molecule has 1 amide bonds. The van der Waals surface area contributed by atoms with Gasteiger partial charge in [0.25, 0.3) is 11.6 Å². The number of benzene rings is 2. The number of hydrogen-bond acceptors (Lipinski definition) is 7. The third-order valence-corrected chi connectivity index (χ3v) is 6.03. The molecule has 0 aliphatic heterocycles. The van der Waals surface area contributed by atoms with Crippen LogP contribution in [-0.4, -0.2) is 31.0 Å². The molecule has 1 heterocycles. The Kier molecular flexibility index (Phi) is 4.97. The third-order valence-electron chi connectivity index (χ3n) is 3.76. The largest absolute Gasteiger partial charge is 0.322 e. The fraction of sp³-hybridized carbons (Fsp3) is 0.0667. The van der Waals surface area contributed by atoms with E-state index in [9.17, 15) is 34.3 Å². The van der Waals surface area contributed by atoms with Gasteiger partial charge >= 0.3 is 10.2 Å². The molecule has 3 rings (SSSR count). The summed E-state index contributed by atoms with van der Waals surface area (Å²) in [4.78, 5) is 21.1. The first-order chi connectivity index (χ1) is 14.1. The molecule has 0 unspecified atom stereocenters. The van der Waals surface area contributed by atoms with Crippen LogP contribution >= 0.6 is 22.0 Å². The molecular formula is C15H11F5N6O3S2. The van der Waals surface area contributed by atoms with Crippen LogP contribution in [0.4, 0.5) is 30.8 Å². The Bertz CT molecular complexity index is 1190. The van der Waals surface area contributed by atoms with E-state index < -0.39 is 31.6 Å². The van der Waals surface area contributed by atoms with Gasteiger partial charge < -0.3 is 5.32 Å². The number of carbonyl (C=O) groups is 1. The normalized spacial score (nSPS) is 13.9. The molecule has 0 radical (unpaired) electrons. The molecule has 0 aliphatic carbocycles. The van der Waals surface area contributed by atoms with Crippen LogP contribution in [0.5, 0.6) is 0 Å². The molecule has 2 aromatic carbocycles. The molecular weight excluding hydrogens is 471 g/mol. The molecule has 0 saturated carbocycles. The van der Waals surface area contributed by atoms with Crippen molar-refractivity contribution < 1.29 is 29.1 Å². The average Bonchev–Trinajstić information content (AvgIpc) is 3.05. The Labute approximate surface area is 174 Å². The van der Waals surface area contributed by atoms with Gasteiger partial charge in [-0.1, -0.05) is 19.4 Å². The Balaban J connectivity index is 1.92. The summed E-state index contributed by atoms with van der Waals surface area (Å²) in [6, 6.07) is 4.99. The standard InChI is InChI=1S/C15H11F5N6O3S2/c1-25-15(22-23-24-25)30-13-7-4-10(26(28)29)8-12(13)14(27)21-9-2-5-11(6-3-9)31(16,17,18,19)20/h2-8H,1H3,(H,21,27). The topological polar surface area (TPSA) is 116 Å². The van der Waals surface area contributed by atoms with Gasteiger partial charge in [0.1, 0.15) is 4.90 Å². The van der Waals surface area contributed by atoms with Crippen molar-refractivity contribution in [2.45, 2.75) is 14.9 Å². The number of aromatic nitrogens is 4. The van der Waals surface area contributed by atoms with Gasteiger partial charge in [-0.05, 0) is 52.5 Å². The maximum atomic E-state index is 12.8. The lowest BCUT2D eigenvalue weighted by molar-refractivity contribution is -0.384. The highest BCUT2D eigenvalue weighted by molar-refractivity contribution is 8.45. The molecule has 166 valence electrons. The molecule has 9 nitrogen and oxygen atoms in total. The van der Waals surface area contributed by atoms with Crippen molar-refractivity contribution in [1.82, 2.24) is 20.2 Å². The Hall–Kier alpha value is -3.27. The molecule has 0 atom stereocenters. The van der Waals surface area contributed by atoms with Crippen LogP contribution in [-0.2, 0) is 7.05 Å². The second-order valence-corrected chi connectivity index (χ2v) is 9.49. The number of nitrogens with zero attached hydrogens (tertiary/aromatic N) is 5. The number of nitro groups is 1. The van der Waals surface area contributed by atoms with E-state index in [4.69, 9.17) is 0 Å². The second kappa shape index (κ2) is 6.88. The molecule has 0 saturated heterocycles. The SMILES string of the molecule is Cn1nnnc1Sc1ccc([N+](=O)[O-])cc1C(=O)Nc1ccc(S(F)(F)(F)(F)F)cc1. The summed E-state index contributed by atoms with van der Waals surface area (Å²) >= 11 is 0.912. The summed E-state index contributed by atoms with van der Waals surface area (Å²) in [5.41, 5.74) is -0.834. The molecule has 1 aromatic heterocycles. The van der Waals surface area contributed by atoms with Crippen LogP contribution < -0.4 is 5.32 Å². The van der Waals surface area contributed by atoms with Crippen molar-refractivity contribution in [3.63, 3.8) is 0 Å². The van der Waals surface area contributed by atoms with Gasteiger partial charge in [-0.15, -0.1) is 5.10 Å². The van der Waals surface area contributed by atoms with Gasteiger partial charge in [0.05, 0.1) is 10.5 Å². The fourth-order valence-electron chi connectivity index (χ4n) is 2.30. The van der Waals surface area contributed by atoms with Crippen LogP contribution in [0.1, 0.15) is 10.4 Å². The number of halogens is 5. The number of rotatable bonds is 6. The zero-order valence-corrected chi connectivity index (χ0v) is 16.8. The number of nitro benzene ring substituents is 1. The van der Waals surface area contributed by atoms with E-state index in [0.29, 0.717) is 12.1 Å². The van der Waals surface area contributed by atoms with Crippen LogP contribution in [0.15, 0.2) is 57.4 Å². The summed E-state index contributed by atoms with van der Waals surface area (Å²) in [6.07, 6.45) is 0. The van der Waals surface area contributed by atoms with Gasteiger partial charge in [0, 0.05) is 29.8 Å². The molecule has 1 N–H and O–H groups in total. The molecule has 16 heteroatoms. The monoisotopic (exact) mass is 482 g/mol. The number of anilines is 1. The van der Waals surface area contributed by atoms with Gasteiger partial charge in [0.15, 0.2) is 0 Å².